The Balaban J connectivity index is 1.51. The second-order valence-electron chi connectivity index (χ2n) is 7.65. The Morgan fingerprint density at radius 2 is 1.67 bits per heavy atom. The second kappa shape index (κ2) is 10.9. The van der Waals surface area contributed by atoms with Gasteiger partial charge in [-0.05, 0) is 57.0 Å². The molecule has 33 heavy (non-hydrogen) atoms. The molecule has 0 aliphatic carbocycles. The lowest BCUT2D eigenvalue weighted by molar-refractivity contribution is 0.0765. The van der Waals surface area contributed by atoms with Gasteiger partial charge in [0.15, 0.2) is 23.0 Å². The van der Waals surface area contributed by atoms with E-state index < -0.39 is 0 Å². The van der Waals surface area contributed by atoms with Gasteiger partial charge in [0, 0.05) is 29.7 Å². The maximum Gasteiger partial charge on any atom is 0.254 e. The second-order valence-corrected chi connectivity index (χ2v) is 8.96. The van der Waals surface area contributed by atoms with Gasteiger partial charge in [-0.1, -0.05) is 6.07 Å². The quantitative estimate of drug-likeness (QED) is 0.538. The molecule has 8 heteroatoms. The lowest BCUT2D eigenvalue weighted by Crippen LogP contribution is -2.33. The number of hydrogen-bond donors (Lipinski definition) is 0. The van der Waals surface area contributed by atoms with Gasteiger partial charge in [-0.15, -0.1) is 0 Å². The van der Waals surface area contributed by atoms with Crippen molar-refractivity contribution in [1.29, 1.82) is 0 Å². The van der Waals surface area contributed by atoms with Gasteiger partial charge in [0.25, 0.3) is 5.91 Å². The summed E-state index contributed by atoms with van der Waals surface area (Å²) in [6.07, 6.45) is 0.865. The highest BCUT2D eigenvalue weighted by Gasteiger charge is 2.26. The number of carbonyl (C=O) groups excluding carboxylic acids is 1. The zero-order chi connectivity index (χ0) is 23.2. The summed E-state index contributed by atoms with van der Waals surface area (Å²) in [5.74, 6) is 4.05. The number of hydrogen-bond acceptors (Lipinski definition) is 7. The Kier molecular flexibility index (Phi) is 7.75. The fraction of sp³-hybridized carbons (Fsp3) is 0.480. The third-order valence-electron chi connectivity index (χ3n) is 5.55. The monoisotopic (exact) mass is 473 g/mol. The van der Waals surface area contributed by atoms with Gasteiger partial charge in [-0.25, -0.2) is 0 Å². The van der Waals surface area contributed by atoms with E-state index in [0.717, 1.165) is 23.7 Å². The van der Waals surface area contributed by atoms with Gasteiger partial charge in [-0.3, -0.25) is 4.79 Å². The van der Waals surface area contributed by atoms with Crippen LogP contribution in [0, 0.1) is 0 Å². The highest BCUT2D eigenvalue weighted by Crippen LogP contribution is 2.42. The normalized spacial score (nSPS) is 17.4. The smallest absolute Gasteiger partial charge is 0.254 e. The fourth-order valence-electron chi connectivity index (χ4n) is 4.05. The van der Waals surface area contributed by atoms with Crippen molar-refractivity contribution in [2.24, 2.45) is 0 Å². The van der Waals surface area contributed by atoms with E-state index in [9.17, 15) is 4.79 Å². The minimum atomic E-state index is -0.0214. The summed E-state index contributed by atoms with van der Waals surface area (Å²) < 4.78 is 28.3. The Hall–Kier alpha value is -2.74. The first-order valence-corrected chi connectivity index (χ1v) is 12.6. The van der Waals surface area contributed by atoms with Gasteiger partial charge < -0.3 is 28.6 Å². The molecule has 2 aliphatic rings. The lowest BCUT2D eigenvalue weighted by atomic mass is 10.1. The van der Waals surface area contributed by atoms with Gasteiger partial charge >= 0.3 is 0 Å². The number of carbonyl (C=O) groups is 1. The molecule has 1 amide bonds. The van der Waals surface area contributed by atoms with E-state index >= 15 is 0 Å². The Morgan fingerprint density at radius 3 is 2.36 bits per heavy atom. The van der Waals surface area contributed by atoms with Crippen molar-refractivity contribution in [3.05, 3.63) is 41.5 Å². The predicted molar refractivity (Wildman–Crippen MR) is 128 cm³/mol. The fourth-order valence-corrected chi connectivity index (χ4v) is 5.27. The number of thioether (sulfide) groups is 1. The van der Waals surface area contributed by atoms with Crippen molar-refractivity contribution in [2.45, 2.75) is 32.4 Å². The molecule has 1 unspecified atom stereocenters. The minimum Gasteiger partial charge on any atom is -0.490 e. The van der Waals surface area contributed by atoms with Crippen molar-refractivity contribution < 1.29 is 28.5 Å². The van der Waals surface area contributed by atoms with Crippen LogP contribution in [0.4, 0.5) is 0 Å². The average Bonchev–Trinajstić information content (AvgIpc) is 3.15. The number of benzene rings is 2. The van der Waals surface area contributed by atoms with Crippen LogP contribution < -0.4 is 23.7 Å². The van der Waals surface area contributed by atoms with Crippen molar-refractivity contribution in [1.82, 2.24) is 4.90 Å². The first kappa shape index (κ1) is 23.4. The number of ether oxygens (including phenoxy) is 5. The molecule has 0 aromatic heterocycles. The molecule has 0 saturated carbocycles. The zero-order valence-corrected chi connectivity index (χ0v) is 20.2. The van der Waals surface area contributed by atoms with Gasteiger partial charge in [-0.2, -0.15) is 11.8 Å². The van der Waals surface area contributed by atoms with E-state index in [0.29, 0.717) is 61.0 Å². The molecular weight excluding hydrogens is 442 g/mol. The molecule has 2 aromatic carbocycles. The molecule has 178 valence electrons. The molecule has 0 spiro atoms. The van der Waals surface area contributed by atoms with Gasteiger partial charge in [0.1, 0.15) is 0 Å². The Morgan fingerprint density at radius 1 is 0.970 bits per heavy atom. The van der Waals surface area contributed by atoms with Crippen molar-refractivity contribution in [3.63, 3.8) is 0 Å². The minimum absolute atomic E-state index is 0.0214. The van der Waals surface area contributed by atoms with E-state index in [4.69, 9.17) is 23.7 Å². The predicted octanol–water partition coefficient (Wildman–Crippen LogP) is 4.93. The lowest BCUT2D eigenvalue weighted by Gasteiger charge is -2.22. The summed E-state index contributed by atoms with van der Waals surface area (Å²) in [6.45, 7) is 8.79. The molecule has 4 rings (SSSR count). The number of fused-ring (bicyclic) bond motifs is 1. The summed E-state index contributed by atoms with van der Waals surface area (Å²) in [7, 11) is 0. The molecule has 2 aromatic rings. The molecule has 2 heterocycles. The largest absolute Gasteiger partial charge is 0.490 e. The van der Waals surface area contributed by atoms with E-state index in [-0.39, 0.29) is 12.7 Å². The molecule has 0 radical (unpaired) electrons. The van der Waals surface area contributed by atoms with Crippen LogP contribution in [-0.4, -0.2) is 56.3 Å². The molecule has 1 atom stereocenters. The third-order valence-corrected chi connectivity index (χ3v) is 6.88. The number of amides is 1. The number of nitrogens with zero attached hydrogens (tertiary/aromatic N) is 1. The van der Waals surface area contributed by atoms with Crippen LogP contribution in [0.3, 0.4) is 0 Å². The zero-order valence-electron chi connectivity index (χ0n) is 19.4. The average molecular weight is 474 g/mol. The molecule has 1 saturated heterocycles. The molecular formula is C25H31NO6S. The SMILES string of the molecule is CCOc1cc(C(=O)N2CCSC(c3ccc4c(c3)OCO4)CC2)cc(OCC)c1OCC. The highest BCUT2D eigenvalue weighted by atomic mass is 32.2. The van der Waals surface area contributed by atoms with Crippen LogP contribution in [0.5, 0.6) is 28.7 Å². The first-order valence-electron chi connectivity index (χ1n) is 11.5. The van der Waals surface area contributed by atoms with Crippen molar-refractivity contribution in [2.75, 3.05) is 45.5 Å². The van der Waals surface area contributed by atoms with E-state index in [1.165, 1.54) is 5.56 Å². The standard InChI is InChI=1S/C25H31NO6S/c1-4-28-21-14-18(15-22(29-5-2)24(21)30-6-3)25(27)26-10-9-23(33-12-11-26)17-7-8-19-20(13-17)32-16-31-19/h7-8,13-15,23H,4-6,9-12,16H2,1-3H3. The van der Waals surface area contributed by atoms with Crippen LogP contribution >= 0.6 is 11.8 Å². The molecule has 7 nitrogen and oxygen atoms in total. The highest BCUT2D eigenvalue weighted by molar-refractivity contribution is 7.99. The number of rotatable bonds is 8. The summed E-state index contributed by atoms with van der Waals surface area (Å²) >= 11 is 1.87. The van der Waals surface area contributed by atoms with Crippen LogP contribution in [0.1, 0.15) is 48.4 Å². The maximum absolute atomic E-state index is 13.5. The van der Waals surface area contributed by atoms with Gasteiger partial charge in [0.05, 0.1) is 19.8 Å². The summed E-state index contributed by atoms with van der Waals surface area (Å²) in [5, 5.41) is 0.301. The van der Waals surface area contributed by atoms with E-state index in [1.807, 2.05) is 43.5 Å². The molecule has 1 fully saturated rings. The van der Waals surface area contributed by atoms with Crippen LogP contribution in [0.25, 0.3) is 0 Å². The molecule has 2 aliphatic heterocycles. The van der Waals surface area contributed by atoms with Crippen LogP contribution in [-0.2, 0) is 0 Å². The third kappa shape index (κ3) is 5.27. The van der Waals surface area contributed by atoms with Crippen molar-refractivity contribution >= 4 is 17.7 Å². The van der Waals surface area contributed by atoms with E-state index in [2.05, 4.69) is 12.1 Å². The molecule has 0 N–H and O–H groups in total. The molecule has 0 bridgehead atoms. The van der Waals surface area contributed by atoms with Gasteiger partial charge in [0.2, 0.25) is 12.5 Å². The Labute approximate surface area is 199 Å². The Bertz CT molecular complexity index is 954. The summed E-state index contributed by atoms with van der Waals surface area (Å²) in [4.78, 5) is 15.4. The van der Waals surface area contributed by atoms with Crippen LogP contribution in [0.15, 0.2) is 30.3 Å². The summed E-state index contributed by atoms with van der Waals surface area (Å²) in [5.41, 5.74) is 1.76. The maximum atomic E-state index is 13.5. The van der Waals surface area contributed by atoms with E-state index in [1.54, 1.807) is 12.1 Å². The van der Waals surface area contributed by atoms with Crippen molar-refractivity contribution in [3.8, 4) is 28.7 Å². The topological polar surface area (TPSA) is 66.5 Å². The summed E-state index contributed by atoms with van der Waals surface area (Å²) in [6, 6.07) is 9.67. The van der Waals surface area contributed by atoms with Crippen LogP contribution in [0.2, 0.25) is 0 Å². The first-order chi connectivity index (χ1) is 16.1.